The Morgan fingerprint density at radius 3 is 2.50 bits per heavy atom. The first kappa shape index (κ1) is 18.6. The van der Waals surface area contributed by atoms with Gasteiger partial charge in [-0.05, 0) is 30.5 Å². The van der Waals surface area contributed by atoms with Crippen LogP contribution in [-0.4, -0.2) is 42.7 Å². The van der Waals surface area contributed by atoms with E-state index in [1.807, 2.05) is 0 Å². The molecule has 1 amide bonds. The first-order valence-corrected chi connectivity index (χ1v) is 10.6. The van der Waals surface area contributed by atoms with Gasteiger partial charge in [-0.25, -0.2) is 8.42 Å². The minimum atomic E-state index is -3.23. The van der Waals surface area contributed by atoms with Gasteiger partial charge >= 0.3 is 0 Å². The van der Waals surface area contributed by atoms with Crippen LogP contribution in [0.1, 0.15) is 48.9 Å². The van der Waals surface area contributed by atoms with Crippen LogP contribution in [0.4, 0.5) is 0 Å². The van der Waals surface area contributed by atoms with Crippen molar-refractivity contribution in [1.29, 1.82) is 0 Å². The Hall–Kier alpha value is -2.22. The molecular formula is C18H23N3O4S. The summed E-state index contributed by atoms with van der Waals surface area (Å²) < 4.78 is 28.3. The Kier molecular flexibility index (Phi) is 5.41. The van der Waals surface area contributed by atoms with Crippen LogP contribution in [0.2, 0.25) is 0 Å². The maximum atomic E-state index is 12.4. The van der Waals surface area contributed by atoms with Gasteiger partial charge < -0.3 is 9.42 Å². The van der Waals surface area contributed by atoms with E-state index in [0.29, 0.717) is 17.6 Å². The predicted octanol–water partition coefficient (Wildman–Crippen LogP) is 2.33. The number of sulfone groups is 1. The summed E-state index contributed by atoms with van der Waals surface area (Å²) in [5.74, 6) is 1.44. The number of hydrogen-bond acceptors (Lipinski definition) is 6. The van der Waals surface area contributed by atoms with Crippen molar-refractivity contribution in [1.82, 2.24) is 15.0 Å². The molecule has 2 aromatic rings. The van der Waals surface area contributed by atoms with Crippen LogP contribution >= 0.6 is 0 Å². The molecule has 1 saturated carbocycles. The topological polar surface area (TPSA) is 93.4 Å². The summed E-state index contributed by atoms with van der Waals surface area (Å²) in [4.78, 5) is 18.6. The molecule has 0 N–H and O–H groups in total. The number of amides is 1. The molecule has 1 aliphatic carbocycles. The second-order valence-corrected chi connectivity index (χ2v) is 8.89. The number of rotatable bonds is 6. The SMILES string of the molecule is CN(Cc1noc(C2CCCC2)n1)C(=O)Cc1ccc(S(C)(=O)=O)cc1. The van der Waals surface area contributed by atoms with Crippen LogP contribution in [0.3, 0.4) is 0 Å². The molecule has 0 spiro atoms. The number of aromatic nitrogens is 2. The van der Waals surface area contributed by atoms with Crippen LogP contribution < -0.4 is 0 Å². The smallest absolute Gasteiger partial charge is 0.229 e. The first-order valence-electron chi connectivity index (χ1n) is 8.68. The van der Waals surface area contributed by atoms with E-state index in [1.165, 1.54) is 25.0 Å². The van der Waals surface area contributed by atoms with Gasteiger partial charge in [0, 0.05) is 19.2 Å². The molecule has 0 aliphatic heterocycles. The highest BCUT2D eigenvalue weighted by Crippen LogP contribution is 2.32. The van der Waals surface area contributed by atoms with Gasteiger partial charge in [0.25, 0.3) is 0 Å². The summed E-state index contributed by atoms with van der Waals surface area (Å²) in [5.41, 5.74) is 0.758. The van der Waals surface area contributed by atoms with Gasteiger partial charge in [-0.1, -0.05) is 30.1 Å². The molecule has 1 aliphatic rings. The van der Waals surface area contributed by atoms with Crippen molar-refractivity contribution in [3.8, 4) is 0 Å². The van der Waals surface area contributed by atoms with Gasteiger partial charge in [-0.2, -0.15) is 4.98 Å². The van der Waals surface area contributed by atoms with Gasteiger partial charge in [0.05, 0.1) is 17.9 Å². The van der Waals surface area contributed by atoms with E-state index in [4.69, 9.17) is 4.52 Å². The lowest BCUT2D eigenvalue weighted by Crippen LogP contribution is -2.28. The fourth-order valence-electron chi connectivity index (χ4n) is 3.13. The molecule has 1 fully saturated rings. The van der Waals surface area contributed by atoms with E-state index in [-0.39, 0.29) is 23.8 Å². The predicted molar refractivity (Wildman–Crippen MR) is 95.2 cm³/mol. The van der Waals surface area contributed by atoms with Crippen molar-refractivity contribution in [2.45, 2.75) is 49.5 Å². The average molecular weight is 377 g/mol. The molecule has 1 aromatic carbocycles. The highest BCUT2D eigenvalue weighted by Gasteiger charge is 2.23. The molecule has 0 unspecified atom stereocenters. The molecule has 3 rings (SSSR count). The molecule has 0 atom stereocenters. The fourth-order valence-corrected chi connectivity index (χ4v) is 3.77. The summed E-state index contributed by atoms with van der Waals surface area (Å²) in [5, 5.41) is 3.98. The van der Waals surface area contributed by atoms with Crippen molar-refractivity contribution in [2.24, 2.45) is 0 Å². The molecule has 1 heterocycles. The summed E-state index contributed by atoms with van der Waals surface area (Å²) in [7, 11) is -1.54. The largest absolute Gasteiger partial charge is 0.339 e. The zero-order valence-corrected chi connectivity index (χ0v) is 15.8. The Bertz CT molecular complexity index is 868. The van der Waals surface area contributed by atoms with Gasteiger partial charge in [0.1, 0.15) is 0 Å². The van der Waals surface area contributed by atoms with Gasteiger partial charge in [-0.3, -0.25) is 4.79 Å². The van der Waals surface area contributed by atoms with Crippen LogP contribution in [0.5, 0.6) is 0 Å². The number of carbonyl (C=O) groups is 1. The van der Waals surface area contributed by atoms with Crippen molar-refractivity contribution >= 4 is 15.7 Å². The highest BCUT2D eigenvalue weighted by atomic mass is 32.2. The number of carbonyl (C=O) groups excluding carboxylic acids is 1. The number of likely N-dealkylation sites (N-methyl/N-ethyl adjacent to an activating group) is 1. The van der Waals surface area contributed by atoms with Crippen molar-refractivity contribution in [3.63, 3.8) is 0 Å². The standard InChI is InChI=1S/C18H23N3O4S/c1-21(12-16-19-18(25-20-16)14-5-3-4-6-14)17(22)11-13-7-9-15(10-8-13)26(2,23)24/h7-10,14H,3-6,11-12H2,1-2H3. The van der Waals surface area contributed by atoms with E-state index in [0.717, 1.165) is 24.7 Å². The van der Waals surface area contributed by atoms with E-state index >= 15 is 0 Å². The van der Waals surface area contributed by atoms with E-state index in [1.54, 1.807) is 24.1 Å². The monoisotopic (exact) mass is 377 g/mol. The summed E-state index contributed by atoms with van der Waals surface area (Å²) >= 11 is 0. The minimum absolute atomic E-state index is 0.0932. The fraction of sp³-hybridized carbons (Fsp3) is 0.500. The van der Waals surface area contributed by atoms with Gasteiger partial charge in [0.15, 0.2) is 15.7 Å². The maximum Gasteiger partial charge on any atom is 0.229 e. The number of benzene rings is 1. The Morgan fingerprint density at radius 1 is 1.23 bits per heavy atom. The third-order valence-corrected chi connectivity index (χ3v) is 5.83. The first-order chi connectivity index (χ1) is 12.3. The number of nitrogens with zero attached hydrogens (tertiary/aromatic N) is 3. The van der Waals surface area contributed by atoms with Crippen molar-refractivity contribution < 1.29 is 17.7 Å². The van der Waals surface area contributed by atoms with Crippen molar-refractivity contribution in [2.75, 3.05) is 13.3 Å². The molecule has 0 radical (unpaired) electrons. The lowest BCUT2D eigenvalue weighted by Gasteiger charge is -2.15. The Morgan fingerprint density at radius 2 is 1.88 bits per heavy atom. The molecule has 0 saturated heterocycles. The molecule has 0 bridgehead atoms. The van der Waals surface area contributed by atoms with Gasteiger partial charge in [0.2, 0.25) is 11.8 Å². The second-order valence-electron chi connectivity index (χ2n) is 6.87. The molecule has 140 valence electrons. The zero-order chi connectivity index (χ0) is 18.7. The normalized spacial score (nSPS) is 15.3. The van der Waals surface area contributed by atoms with Crippen LogP contribution in [0, 0.1) is 0 Å². The minimum Gasteiger partial charge on any atom is -0.339 e. The lowest BCUT2D eigenvalue weighted by molar-refractivity contribution is -0.129. The summed E-state index contributed by atoms with van der Waals surface area (Å²) in [6, 6.07) is 6.36. The Labute approximate surface area is 153 Å². The second kappa shape index (κ2) is 7.57. The summed E-state index contributed by atoms with van der Waals surface area (Å²) in [6.45, 7) is 0.288. The highest BCUT2D eigenvalue weighted by molar-refractivity contribution is 7.90. The molecule has 8 heteroatoms. The van der Waals surface area contributed by atoms with Crippen LogP contribution in [0.15, 0.2) is 33.7 Å². The third-order valence-electron chi connectivity index (χ3n) is 4.70. The van der Waals surface area contributed by atoms with E-state index in [2.05, 4.69) is 10.1 Å². The zero-order valence-electron chi connectivity index (χ0n) is 15.0. The van der Waals surface area contributed by atoms with Crippen LogP contribution in [0.25, 0.3) is 0 Å². The molecular weight excluding hydrogens is 354 g/mol. The van der Waals surface area contributed by atoms with E-state index < -0.39 is 9.84 Å². The average Bonchev–Trinajstić information content (AvgIpc) is 3.25. The molecule has 1 aromatic heterocycles. The molecule has 7 nitrogen and oxygen atoms in total. The van der Waals surface area contributed by atoms with Crippen LogP contribution in [-0.2, 0) is 27.6 Å². The lowest BCUT2D eigenvalue weighted by atomic mass is 10.1. The third kappa shape index (κ3) is 4.49. The maximum absolute atomic E-state index is 12.4. The summed E-state index contributed by atoms with van der Waals surface area (Å²) in [6.07, 6.45) is 5.90. The molecule has 26 heavy (non-hydrogen) atoms. The number of hydrogen-bond donors (Lipinski definition) is 0. The quantitative estimate of drug-likeness (QED) is 0.767. The van der Waals surface area contributed by atoms with Gasteiger partial charge in [-0.15, -0.1) is 0 Å². The van der Waals surface area contributed by atoms with E-state index in [9.17, 15) is 13.2 Å². The van der Waals surface area contributed by atoms with Crippen molar-refractivity contribution in [3.05, 3.63) is 41.5 Å². The Balaban J connectivity index is 1.57.